The molecular weight excluding hydrogens is 804 g/mol. The molecule has 10 heteroatoms. The number of rotatable bonds is 0. The second-order valence-corrected chi connectivity index (χ2v) is 12.7. The smallest absolute Gasteiger partial charge is 0.129 e. The molecule has 1 atom stereocenters. The summed E-state index contributed by atoms with van der Waals surface area (Å²) in [5, 5.41) is 9.82. The van der Waals surface area contributed by atoms with Crippen LogP contribution in [0.2, 0.25) is 0 Å². The molecule has 4 aromatic rings. The van der Waals surface area contributed by atoms with Crippen molar-refractivity contribution in [3.05, 3.63) is 77.8 Å². The summed E-state index contributed by atoms with van der Waals surface area (Å²) in [6.45, 7) is 37.1. The Hall–Kier alpha value is -2.75. The first-order valence-corrected chi connectivity index (χ1v) is 23.2. The fraction of sp³-hybridized carbons (Fsp3) is 0.653. The maximum atomic E-state index is 4.25. The SMILES string of the molecule is CC.CC.CC.CC.CC.CC.CC1CC=CCC1.CC1CCNCC1.Cc1nc(C)c2n[c-]n(C)c2n1.[Y].c1cnc2c(c1)CCCN2.c1cnc2c(c1)CCCN2. The summed E-state index contributed by atoms with van der Waals surface area (Å²) in [7, 11) is 1.88. The van der Waals surface area contributed by atoms with Crippen molar-refractivity contribution < 1.29 is 32.7 Å². The van der Waals surface area contributed by atoms with Crippen LogP contribution in [0.25, 0.3) is 11.2 Å². The Labute approximate surface area is 390 Å². The number of hydrogen-bond donors (Lipinski definition) is 3. The molecule has 1 fully saturated rings. The fourth-order valence-corrected chi connectivity index (χ4v) is 5.71. The molecule has 0 aromatic carbocycles. The molecule has 4 aromatic heterocycles. The number of imidazole rings is 1. The van der Waals surface area contributed by atoms with E-state index in [0.29, 0.717) is 0 Å². The van der Waals surface area contributed by atoms with Gasteiger partial charge in [0, 0.05) is 75.9 Å². The van der Waals surface area contributed by atoms with E-state index in [1.807, 2.05) is 129 Å². The van der Waals surface area contributed by atoms with Crippen LogP contribution in [0.3, 0.4) is 0 Å². The van der Waals surface area contributed by atoms with Crippen LogP contribution in [0.4, 0.5) is 11.6 Å². The summed E-state index contributed by atoms with van der Waals surface area (Å²) in [4.78, 5) is 21.0. The number of hydrogen-bond acceptors (Lipinski definition) is 8. The summed E-state index contributed by atoms with van der Waals surface area (Å²) in [6.07, 6.45) is 22.6. The van der Waals surface area contributed by atoms with E-state index in [9.17, 15) is 0 Å². The van der Waals surface area contributed by atoms with Gasteiger partial charge >= 0.3 is 0 Å². The maximum absolute atomic E-state index is 4.25. The minimum atomic E-state index is 0. The van der Waals surface area contributed by atoms with Gasteiger partial charge in [-0.1, -0.05) is 121 Å². The number of allylic oxidation sites excluding steroid dienone is 2. The molecule has 1 unspecified atom stereocenters. The third kappa shape index (κ3) is 28.4. The molecule has 0 bridgehead atoms. The second kappa shape index (κ2) is 44.8. The minimum Gasteiger partial charge on any atom is -0.435 e. The Kier molecular flexibility index (Phi) is 47.8. The predicted molar refractivity (Wildman–Crippen MR) is 258 cm³/mol. The summed E-state index contributed by atoms with van der Waals surface area (Å²) in [5.74, 6) is 4.85. The zero-order valence-corrected chi connectivity index (χ0v) is 44.1. The van der Waals surface area contributed by atoms with Crippen molar-refractivity contribution >= 4 is 22.8 Å². The summed E-state index contributed by atoms with van der Waals surface area (Å²) < 4.78 is 1.77. The van der Waals surface area contributed by atoms with Crippen molar-refractivity contribution in [3.63, 3.8) is 0 Å². The van der Waals surface area contributed by atoms with Gasteiger partial charge in [-0.3, -0.25) is 9.97 Å². The molecule has 8 rings (SSSR count). The van der Waals surface area contributed by atoms with Crippen molar-refractivity contribution in [3.8, 4) is 0 Å². The summed E-state index contributed by atoms with van der Waals surface area (Å²) >= 11 is 0. The van der Waals surface area contributed by atoms with Crippen LogP contribution in [0.15, 0.2) is 48.8 Å². The van der Waals surface area contributed by atoms with E-state index in [-0.39, 0.29) is 32.7 Å². The van der Waals surface area contributed by atoms with Gasteiger partial charge in [0.05, 0.1) is 0 Å². The second-order valence-electron chi connectivity index (χ2n) is 12.7. The van der Waals surface area contributed by atoms with E-state index in [0.717, 1.165) is 59.2 Å². The Bertz CT molecular complexity index is 1400. The predicted octanol–water partition coefficient (Wildman–Crippen LogP) is 13.2. The first kappa shape index (κ1) is 62.9. The van der Waals surface area contributed by atoms with Gasteiger partial charge in [0.1, 0.15) is 17.5 Å². The van der Waals surface area contributed by atoms with Gasteiger partial charge < -0.3 is 25.5 Å². The van der Waals surface area contributed by atoms with Crippen LogP contribution in [-0.2, 0) is 52.6 Å². The van der Waals surface area contributed by atoms with Gasteiger partial charge in [0.2, 0.25) is 0 Å². The van der Waals surface area contributed by atoms with E-state index in [2.05, 4.69) is 85.3 Å². The van der Waals surface area contributed by atoms with E-state index in [1.165, 1.54) is 82.0 Å². The van der Waals surface area contributed by atoms with Crippen LogP contribution in [-0.4, -0.2) is 55.7 Å². The number of aromatic nitrogens is 6. The minimum absolute atomic E-state index is 0. The Balaban J connectivity index is -0.000000303. The first-order valence-electron chi connectivity index (χ1n) is 23.2. The molecule has 59 heavy (non-hydrogen) atoms. The number of pyridine rings is 2. The molecule has 1 aliphatic carbocycles. The number of piperidine rings is 1. The van der Waals surface area contributed by atoms with Crippen LogP contribution >= 0.6 is 0 Å². The normalized spacial score (nSPS) is 14.8. The van der Waals surface area contributed by atoms with E-state index >= 15 is 0 Å². The standard InChI is InChI=1S/C8H9N4.2C8H10N2.C7H12.C6H13N.6C2H6.Y/c1-5-7-8(11-6(2)10-5)12(3)4-9-7;2*1-3-7-4-2-6-10-8(7)9-5-1;1-7-5-3-2-4-6-7;1-6-2-4-7-5-3-6;6*1-2;/h1-3H3;2*1,3,5H,2,4,6H2,(H,9,10);2-3,7H,4-6H2,1H3;6-7H,2-5H2,1H3;6*1-2H3;/q-1;;;;;;;;;;;. The van der Waals surface area contributed by atoms with Crippen molar-refractivity contribution in [1.29, 1.82) is 0 Å². The van der Waals surface area contributed by atoms with Crippen LogP contribution in [0.5, 0.6) is 0 Å². The Morgan fingerprint density at radius 3 is 1.51 bits per heavy atom. The monoisotopic (exact) mass is 894 g/mol. The molecule has 7 heterocycles. The number of fused-ring (bicyclic) bond motifs is 3. The topological polar surface area (TPSA) is 105 Å². The van der Waals surface area contributed by atoms with Gasteiger partial charge in [0.15, 0.2) is 0 Å². The quantitative estimate of drug-likeness (QED) is 0.118. The van der Waals surface area contributed by atoms with Gasteiger partial charge in [-0.25, -0.2) is 9.97 Å². The molecule has 0 amide bonds. The number of nitrogens with zero attached hydrogens (tertiary/aromatic N) is 6. The van der Waals surface area contributed by atoms with Crippen molar-refractivity contribution in [2.24, 2.45) is 18.9 Å². The largest absolute Gasteiger partial charge is 0.435 e. The van der Waals surface area contributed by atoms with Gasteiger partial charge in [-0.05, 0) is 132 Å². The summed E-state index contributed by atoms with van der Waals surface area (Å²) in [5.41, 5.74) is 5.31. The summed E-state index contributed by atoms with van der Waals surface area (Å²) in [6, 6.07) is 8.25. The van der Waals surface area contributed by atoms with Gasteiger partial charge in [0.25, 0.3) is 0 Å². The zero-order valence-electron chi connectivity index (χ0n) is 41.2. The molecule has 1 radical (unpaired) electrons. The van der Waals surface area contributed by atoms with Crippen LogP contribution in [0, 0.1) is 32.0 Å². The molecule has 3 aliphatic heterocycles. The van der Waals surface area contributed by atoms with Crippen molar-refractivity contribution in [1.82, 2.24) is 34.8 Å². The molecule has 335 valence electrons. The number of nitrogens with one attached hydrogen (secondary N) is 3. The van der Waals surface area contributed by atoms with Gasteiger partial charge in [-0.2, -0.15) is 0 Å². The number of anilines is 2. The fourth-order valence-electron chi connectivity index (χ4n) is 5.71. The van der Waals surface area contributed by atoms with E-state index < -0.39 is 0 Å². The van der Waals surface area contributed by atoms with Crippen molar-refractivity contribution in [2.75, 3.05) is 36.8 Å². The molecule has 0 saturated carbocycles. The molecule has 3 N–H and O–H groups in total. The Morgan fingerprint density at radius 1 is 0.644 bits per heavy atom. The van der Waals surface area contributed by atoms with Crippen molar-refractivity contribution in [2.45, 2.75) is 169 Å². The third-order valence-corrected chi connectivity index (χ3v) is 8.55. The molecular formula is C49H90N9Y-. The maximum Gasteiger partial charge on any atom is 0.129 e. The van der Waals surface area contributed by atoms with Crippen LogP contribution in [0.1, 0.15) is 165 Å². The van der Waals surface area contributed by atoms with Gasteiger partial charge in [-0.15, -0.1) is 0 Å². The third-order valence-electron chi connectivity index (χ3n) is 8.55. The molecule has 0 spiro atoms. The van der Waals surface area contributed by atoms with Crippen LogP contribution < -0.4 is 16.0 Å². The number of aryl methyl sites for hydroxylation is 5. The molecule has 9 nitrogen and oxygen atoms in total. The molecule has 4 aliphatic rings. The average molecular weight is 894 g/mol. The first-order chi connectivity index (χ1) is 28.4. The Morgan fingerprint density at radius 2 is 1.14 bits per heavy atom. The average Bonchev–Trinajstić information content (AvgIpc) is 3.69. The van der Waals surface area contributed by atoms with E-state index in [4.69, 9.17) is 0 Å². The van der Waals surface area contributed by atoms with E-state index in [1.54, 1.807) is 4.57 Å². The zero-order chi connectivity index (χ0) is 44.6. The molecule has 1 saturated heterocycles.